The fourth-order valence-electron chi connectivity index (χ4n) is 1.84. The van der Waals surface area contributed by atoms with Gasteiger partial charge in [-0.2, -0.15) is 0 Å². The van der Waals surface area contributed by atoms with Gasteiger partial charge in [0.2, 0.25) is 0 Å². The third-order valence-corrected chi connectivity index (χ3v) is 2.69. The maximum absolute atomic E-state index is 5.82. The Labute approximate surface area is 85.5 Å². The third kappa shape index (κ3) is 2.83. The first-order chi connectivity index (χ1) is 6.26. The molecule has 3 heteroatoms. The minimum atomic E-state index is -0.316. The molecule has 0 radical (unpaired) electrons. The lowest BCUT2D eigenvalue weighted by molar-refractivity contribution is -0.175. The van der Waals surface area contributed by atoms with Gasteiger partial charge >= 0.3 is 0 Å². The van der Waals surface area contributed by atoms with Crippen LogP contribution in [0.1, 0.15) is 39.5 Å². The van der Waals surface area contributed by atoms with Gasteiger partial charge < -0.3 is 9.47 Å². The zero-order valence-electron chi connectivity index (χ0n) is 8.51. The first-order valence-electron chi connectivity index (χ1n) is 5.14. The molecule has 0 N–H and O–H groups in total. The Morgan fingerprint density at radius 1 is 1.31 bits per heavy atom. The van der Waals surface area contributed by atoms with Gasteiger partial charge in [-0.25, -0.2) is 0 Å². The second-order valence-corrected chi connectivity index (χ2v) is 3.92. The molecule has 1 unspecified atom stereocenters. The first kappa shape index (κ1) is 11.3. The maximum Gasteiger partial charge on any atom is 0.168 e. The van der Waals surface area contributed by atoms with E-state index < -0.39 is 0 Å². The Kier molecular flexibility index (Phi) is 4.50. The van der Waals surface area contributed by atoms with E-state index in [1.165, 1.54) is 0 Å². The molecule has 1 atom stereocenters. The summed E-state index contributed by atoms with van der Waals surface area (Å²) in [6.07, 6.45) is 4.24. The minimum Gasteiger partial charge on any atom is -0.347 e. The van der Waals surface area contributed by atoms with Crippen molar-refractivity contribution in [3.8, 4) is 0 Å². The fourth-order valence-corrected chi connectivity index (χ4v) is 1.99. The Morgan fingerprint density at radius 3 is 2.31 bits per heavy atom. The van der Waals surface area contributed by atoms with E-state index in [-0.39, 0.29) is 11.9 Å². The number of rotatable bonds is 5. The summed E-state index contributed by atoms with van der Waals surface area (Å²) in [5.74, 6) is 0.220. The molecule has 0 aromatic heterocycles. The van der Waals surface area contributed by atoms with Crippen LogP contribution in [0.4, 0.5) is 0 Å². The summed E-state index contributed by atoms with van der Waals surface area (Å²) in [7, 11) is 0. The number of halogens is 1. The molecule has 1 aliphatic rings. The molecule has 2 nitrogen and oxygen atoms in total. The molecule has 1 fully saturated rings. The standard InChI is InChI=1S/C10H19ClO2/c1-3-5-10(6-4-2)12-8-9(7-11)13-10/h9H,3-8H2,1-2H3. The van der Waals surface area contributed by atoms with Crippen molar-refractivity contribution >= 4 is 11.6 Å². The average Bonchev–Trinajstić information content (AvgIpc) is 2.50. The van der Waals surface area contributed by atoms with Crippen molar-refractivity contribution in [2.24, 2.45) is 0 Å². The van der Waals surface area contributed by atoms with Crippen molar-refractivity contribution in [3.05, 3.63) is 0 Å². The van der Waals surface area contributed by atoms with Gasteiger partial charge in [0.05, 0.1) is 18.6 Å². The van der Waals surface area contributed by atoms with Crippen LogP contribution in [0.2, 0.25) is 0 Å². The van der Waals surface area contributed by atoms with Gasteiger partial charge in [-0.15, -0.1) is 11.6 Å². The van der Waals surface area contributed by atoms with Crippen molar-refractivity contribution in [1.82, 2.24) is 0 Å². The Morgan fingerprint density at radius 2 is 1.92 bits per heavy atom. The summed E-state index contributed by atoms with van der Waals surface area (Å²) in [5, 5.41) is 0. The van der Waals surface area contributed by atoms with Gasteiger partial charge in [0.25, 0.3) is 0 Å². The van der Waals surface area contributed by atoms with E-state index >= 15 is 0 Å². The van der Waals surface area contributed by atoms with Crippen molar-refractivity contribution in [2.75, 3.05) is 12.5 Å². The molecule has 0 saturated carbocycles. The van der Waals surface area contributed by atoms with Gasteiger partial charge in [-0.1, -0.05) is 26.7 Å². The van der Waals surface area contributed by atoms with E-state index in [1.807, 2.05) is 0 Å². The maximum atomic E-state index is 5.82. The molecular formula is C10H19ClO2. The predicted molar refractivity (Wildman–Crippen MR) is 54.1 cm³/mol. The second kappa shape index (κ2) is 5.18. The van der Waals surface area contributed by atoms with Crippen LogP contribution < -0.4 is 0 Å². The molecule has 0 aromatic carbocycles. The molecule has 0 amide bonds. The number of alkyl halides is 1. The Balaban J connectivity index is 2.49. The van der Waals surface area contributed by atoms with Crippen LogP contribution in [-0.4, -0.2) is 24.4 Å². The van der Waals surface area contributed by atoms with Crippen LogP contribution in [-0.2, 0) is 9.47 Å². The van der Waals surface area contributed by atoms with Crippen molar-refractivity contribution in [2.45, 2.75) is 51.4 Å². The van der Waals surface area contributed by atoms with Crippen molar-refractivity contribution < 1.29 is 9.47 Å². The lowest BCUT2D eigenvalue weighted by Gasteiger charge is -2.27. The zero-order chi connectivity index (χ0) is 9.73. The zero-order valence-corrected chi connectivity index (χ0v) is 9.27. The van der Waals surface area contributed by atoms with Crippen LogP contribution in [0.25, 0.3) is 0 Å². The number of hydrogen-bond donors (Lipinski definition) is 0. The van der Waals surface area contributed by atoms with E-state index in [9.17, 15) is 0 Å². The highest BCUT2D eigenvalue weighted by atomic mass is 35.5. The predicted octanol–water partition coefficient (Wildman–Crippen LogP) is 2.94. The van der Waals surface area contributed by atoms with Crippen molar-refractivity contribution in [3.63, 3.8) is 0 Å². The van der Waals surface area contributed by atoms with Crippen LogP contribution in [0.15, 0.2) is 0 Å². The summed E-state index contributed by atoms with van der Waals surface area (Å²) in [5.41, 5.74) is 0. The normalized spacial score (nSPS) is 26.5. The topological polar surface area (TPSA) is 18.5 Å². The molecule has 13 heavy (non-hydrogen) atoms. The van der Waals surface area contributed by atoms with Crippen LogP contribution in [0.3, 0.4) is 0 Å². The second-order valence-electron chi connectivity index (χ2n) is 3.62. The molecule has 1 saturated heterocycles. The van der Waals surface area contributed by atoms with Gasteiger partial charge in [0, 0.05) is 12.8 Å². The smallest absolute Gasteiger partial charge is 0.168 e. The van der Waals surface area contributed by atoms with Crippen LogP contribution in [0, 0.1) is 0 Å². The number of ether oxygens (including phenoxy) is 2. The van der Waals surface area contributed by atoms with Gasteiger partial charge in [-0.05, 0) is 0 Å². The van der Waals surface area contributed by atoms with Gasteiger partial charge in [-0.3, -0.25) is 0 Å². The highest BCUT2D eigenvalue weighted by Crippen LogP contribution is 2.33. The average molecular weight is 207 g/mol. The SMILES string of the molecule is CCCC1(CCC)OCC(CCl)O1. The molecule has 1 rings (SSSR count). The fraction of sp³-hybridized carbons (Fsp3) is 1.00. The van der Waals surface area contributed by atoms with E-state index in [2.05, 4.69) is 13.8 Å². The molecule has 0 spiro atoms. The summed E-state index contributed by atoms with van der Waals surface area (Å²) in [4.78, 5) is 0. The molecule has 1 aliphatic heterocycles. The Hall–Kier alpha value is 0.210. The largest absolute Gasteiger partial charge is 0.347 e. The minimum absolute atomic E-state index is 0.0970. The Bertz CT molecular complexity index is 144. The molecular weight excluding hydrogens is 188 g/mol. The first-order valence-corrected chi connectivity index (χ1v) is 5.67. The highest BCUT2D eigenvalue weighted by Gasteiger charge is 2.39. The lowest BCUT2D eigenvalue weighted by Crippen LogP contribution is -2.30. The quantitative estimate of drug-likeness (QED) is 0.644. The molecule has 0 aliphatic carbocycles. The third-order valence-electron chi connectivity index (χ3n) is 2.35. The molecule has 0 bridgehead atoms. The van der Waals surface area contributed by atoms with E-state index in [0.717, 1.165) is 25.7 Å². The van der Waals surface area contributed by atoms with Gasteiger partial charge in [0.1, 0.15) is 0 Å². The van der Waals surface area contributed by atoms with Crippen LogP contribution in [0.5, 0.6) is 0 Å². The van der Waals surface area contributed by atoms with Gasteiger partial charge in [0.15, 0.2) is 5.79 Å². The van der Waals surface area contributed by atoms with Crippen molar-refractivity contribution in [1.29, 1.82) is 0 Å². The number of hydrogen-bond acceptors (Lipinski definition) is 2. The monoisotopic (exact) mass is 206 g/mol. The summed E-state index contributed by atoms with van der Waals surface area (Å²) >= 11 is 5.73. The summed E-state index contributed by atoms with van der Waals surface area (Å²) in [6.45, 7) is 4.96. The highest BCUT2D eigenvalue weighted by molar-refractivity contribution is 6.18. The molecule has 0 aromatic rings. The van der Waals surface area contributed by atoms with E-state index in [0.29, 0.717) is 12.5 Å². The summed E-state index contributed by atoms with van der Waals surface area (Å²) < 4.78 is 11.5. The molecule has 78 valence electrons. The lowest BCUT2D eigenvalue weighted by atomic mass is 10.1. The summed E-state index contributed by atoms with van der Waals surface area (Å²) in [6, 6.07) is 0. The van der Waals surface area contributed by atoms with E-state index in [1.54, 1.807) is 0 Å². The van der Waals surface area contributed by atoms with E-state index in [4.69, 9.17) is 21.1 Å². The molecule has 1 heterocycles. The van der Waals surface area contributed by atoms with Crippen LogP contribution >= 0.6 is 11.6 Å².